The van der Waals surface area contributed by atoms with E-state index in [-0.39, 0.29) is 5.91 Å². The molecule has 1 saturated heterocycles. The van der Waals surface area contributed by atoms with Crippen molar-refractivity contribution in [3.8, 4) is 0 Å². The molecule has 0 radical (unpaired) electrons. The minimum Gasteiger partial charge on any atom is -0.389 e. The Balaban J connectivity index is 2.52. The van der Waals surface area contributed by atoms with Gasteiger partial charge in [-0.2, -0.15) is 0 Å². The maximum absolute atomic E-state index is 11.4. The Morgan fingerprint density at radius 2 is 1.93 bits per heavy atom. The molecule has 0 spiro atoms. The van der Waals surface area contributed by atoms with Gasteiger partial charge in [0, 0.05) is 19.6 Å². The molecule has 1 heterocycles. The van der Waals surface area contributed by atoms with Gasteiger partial charge < -0.3 is 10.2 Å². The van der Waals surface area contributed by atoms with Crippen molar-refractivity contribution in [2.45, 2.75) is 26.1 Å². The highest BCUT2D eigenvalue weighted by Gasteiger charge is 2.35. The van der Waals surface area contributed by atoms with Crippen molar-refractivity contribution in [3.63, 3.8) is 0 Å². The molecule has 0 aromatic rings. The van der Waals surface area contributed by atoms with Crippen LogP contribution >= 0.6 is 0 Å². The van der Waals surface area contributed by atoms with Gasteiger partial charge in [-0.3, -0.25) is 15.1 Å². The highest BCUT2D eigenvalue weighted by molar-refractivity contribution is 5.81. The number of β-amino-alcohol motifs (C(OH)–C–C–N with tert-alkyl or cyclic N) is 2. The maximum Gasteiger partial charge on any atom is 0.240 e. The second kappa shape index (κ2) is 4.44. The van der Waals surface area contributed by atoms with Gasteiger partial charge in [0.25, 0.3) is 0 Å². The monoisotopic (exact) mass is 217 g/mol. The van der Waals surface area contributed by atoms with Gasteiger partial charge >= 0.3 is 0 Å². The molecule has 6 nitrogen and oxygen atoms in total. The van der Waals surface area contributed by atoms with E-state index in [1.165, 1.54) is 0 Å². The van der Waals surface area contributed by atoms with Crippen LogP contribution in [0.1, 0.15) is 13.8 Å². The van der Waals surface area contributed by atoms with E-state index in [2.05, 4.69) is 5.43 Å². The van der Waals surface area contributed by atoms with Crippen molar-refractivity contribution < 1.29 is 15.0 Å². The standard InChI is InChI=1S/C9H19N3O3/c1-9(2,8(15)11-10)5-12-3-6(13)7(14)4-12/h6-7,13-14H,3-5,10H2,1-2H3,(H,11,15). The summed E-state index contributed by atoms with van der Waals surface area (Å²) in [7, 11) is 0. The highest BCUT2D eigenvalue weighted by atomic mass is 16.3. The summed E-state index contributed by atoms with van der Waals surface area (Å²) < 4.78 is 0. The van der Waals surface area contributed by atoms with Crippen molar-refractivity contribution >= 4 is 5.91 Å². The molecule has 2 atom stereocenters. The number of nitrogens with two attached hydrogens (primary N) is 1. The van der Waals surface area contributed by atoms with Crippen LogP contribution in [0.4, 0.5) is 0 Å². The lowest BCUT2D eigenvalue weighted by Crippen LogP contribution is -2.47. The van der Waals surface area contributed by atoms with Crippen molar-refractivity contribution in [1.82, 2.24) is 10.3 Å². The molecular weight excluding hydrogens is 198 g/mol. The van der Waals surface area contributed by atoms with E-state index >= 15 is 0 Å². The number of carbonyl (C=O) groups is 1. The van der Waals surface area contributed by atoms with Gasteiger partial charge in [0.1, 0.15) is 0 Å². The van der Waals surface area contributed by atoms with Gasteiger partial charge in [0.2, 0.25) is 5.91 Å². The van der Waals surface area contributed by atoms with E-state index in [0.29, 0.717) is 19.6 Å². The van der Waals surface area contributed by atoms with Crippen LogP contribution in [-0.2, 0) is 4.79 Å². The molecular formula is C9H19N3O3. The molecule has 1 rings (SSSR count). The number of likely N-dealkylation sites (tertiary alicyclic amines) is 1. The van der Waals surface area contributed by atoms with Crippen LogP contribution in [0, 0.1) is 5.41 Å². The number of carbonyl (C=O) groups excluding carboxylic acids is 1. The van der Waals surface area contributed by atoms with Crippen LogP contribution in [0.3, 0.4) is 0 Å². The Morgan fingerprint density at radius 3 is 2.33 bits per heavy atom. The summed E-state index contributed by atoms with van der Waals surface area (Å²) in [5, 5.41) is 18.7. The molecule has 0 saturated carbocycles. The van der Waals surface area contributed by atoms with E-state index in [1.54, 1.807) is 13.8 Å². The van der Waals surface area contributed by atoms with E-state index in [0.717, 1.165) is 0 Å². The van der Waals surface area contributed by atoms with Crippen molar-refractivity contribution in [2.24, 2.45) is 11.3 Å². The molecule has 0 aromatic carbocycles. The van der Waals surface area contributed by atoms with Gasteiger partial charge in [0.15, 0.2) is 0 Å². The summed E-state index contributed by atoms with van der Waals surface area (Å²) >= 11 is 0. The van der Waals surface area contributed by atoms with Crippen molar-refractivity contribution in [3.05, 3.63) is 0 Å². The van der Waals surface area contributed by atoms with E-state index < -0.39 is 17.6 Å². The third-order valence-corrected chi connectivity index (χ3v) is 2.70. The number of nitrogens with one attached hydrogen (secondary N) is 1. The molecule has 0 bridgehead atoms. The number of hydrogen-bond acceptors (Lipinski definition) is 5. The first-order valence-corrected chi connectivity index (χ1v) is 4.96. The zero-order valence-electron chi connectivity index (χ0n) is 9.10. The Bertz CT molecular complexity index is 235. The van der Waals surface area contributed by atoms with E-state index in [9.17, 15) is 15.0 Å². The number of aliphatic hydroxyl groups is 2. The molecule has 1 amide bonds. The quantitative estimate of drug-likeness (QED) is 0.250. The number of nitrogens with zero attached hydrogens (tertiary/aromatic N) is 1. The largest absolute Gasteiger partial charge is 0.389 e. The Morgan fingerprint density at radius 1 is 1.47 bits per heavy atom. The van der Waals surface area contributed by atoms with Gasteiger partial charge in [-0.1, -0.05) is 0 Å². The molecule has 5 N–H and O–H groups in total. The summed E-state index contributed by atoms with van der Waals surface area (Å²) in [5.74, 6) is 4.82. The Labute approximate surface area is 89.0 Å². The fourth-order valence-corrected chi connectivity index (χ4v) is 1.80. The number of hydrogen-bond donors (Lipinski definition) is 4. The average Bonchev–Trinajstić information content (AvgIpc) is 2.43. The topological polar surface area (TPSA) is 98.8 Å². The molecule has 88 valence electrons. The highest BCUT2D eigenvalue weighted by Crippen LogP contribution is 2.20. The minimum absolute atomic E-state index is 0.252. The Kier molecular flexibility index (Phi) is 3.67. The van der Waals surface area contributed by atoms with Crippen LogP contribution < -0.4 is 11.3 Å². The lowest BCUT2D eigenvalue weighted by Gasteiger charge is -2.27. The van der Waals surface area contributed by atoms with Crippen LogP contribution in [0.25, 0.3) is 0 Å². The number of hydrazine groups is 1. The smallest absolute Gasteiger partial charge is 0.240 e. The molecule has 1 aliphatic rings. The summed E-state index contributed by atoms with van der Waals surface area (Å²) in [5.41, 5.74) is 1.48. The van der Waals surface area contributed by atoms with E-state index in [4.69, 9.17) is 5.84 Å². The molecule has 1 aliphatic heterocycles. The minimum atomic E-state index is -0.721. The van der Waals surface area contributed by atoms with Gasteiger partial charge in [-0.15, -0.1) is 0 Å². The molecule has 0 aromatic heterocycles. The van der Waals surface area contributed by atoms with Gasteiger partial charge in [-0.25, -0.2) is 5.84 Å². The molecule has 2 unspecified atom stereocenters. The number of aliphatic hydroxyl groups excluding tert-OH is 2. The normalized spacial score (nSPS) is 28.1. The molecule has 0 aliphatic carbocycles. The van der Waals surface area contributed by atoms with Crippen LogP contribution in [0.5, 0.6) is 0 Å². The lowest BCUT2D eigenvalue weighted by atomic mass is 9.92. The first kappa shape index (κ1) is 12.4. The fourth-order valence-electron chi connectivity index (χ4n) is 1.80. The maximum atomic E-state index is 11.4. The summed E-state index contributed by atoms with van der Waals surface area (Å²) in [4.78, 5) is 13.2. The fraction of sp³-hybridized carbons (Fsp3) is 0.889. The lowest BCUT2D eigenvalue weighted by molar-refractivity contribution is -0.130. The predicted octanol–water partition coefficient (Wildman–Crippen LogP) is -1.96. The van der Waals surface area contributed by atoms with Crippen molar-refractivity contribution in [1.29, 1.82) is 0 Å². The second-order valence-corrected chi connectivity index (χ2v) is 4.69. The second-order valence-electron chi connectivity index (χ2n) is 4.69. The first-order valence-electron chi connectivity index (χ1n) is 4.96. The van der Waals surface area contributed by atoms with Crippen LogP contribution in [-0.4, -0.2) is 52.9 Å². The zero-order chi connectivity index (χ0) is 11.6. The number of rotatable bonds is 3. The van der Waals surface area contributed by atoms with Gasteiger partial charge in [0.05, 0.1) is 17.6 Å². The van der Waals surface area contributed by atoms with Crippen LogP contribution in [0.2, 0.25) is 0 Å². The van der Waals surface area contributed by atoms with Crippen LogP contribution in [0.15, 0.2) is 0 Å². The third kappa shape index (κ3) is 2.88. The molecule has 6 heteroatoms. The van der Waals surface area contributed by atoms with Gasteiger partial charge in [-0.05, 0) is 13.8 Å². The first-order chi connectivity index (χ1) is 6.86. The summed E-state index contributed by atoms with van der Waals surface area (Å²) in [6.07, 6.45) is -1.44. The number of amides is 1. The van der Waals surface area contributed by atoms with E-state index in [1.807, 2.05) is 4.90 Å². The Hall–Kier alpha value is -0.690. The SMILES string of the molecule is CC(C)(CN1CC(O)C(O)C1)C(=O)NN. The predicted molar refractivity (Wildman–Crippen MR) is 54.6 cm³/mol. The molecule has 1 fully saturated rings. The van der Waals surface area contributed by atoms with Crippen molar-refractivity contribution in [2.75, 3.05) is 19.6 Å². The molecule has 15 heavy (non-hydrogen) atoms. The average molecular weight is 217 g/mol. The summed E-state index contributed by atoms with van der Waals surface area (Å²) in [6, 6.07) is 0. The zero-order valence-corrected chi connectivity index (χ0v) is 9.10. The third-order valence-electron chi connectivity index (χ3n) is 2.70. The summed E-state index contributed by atoms with van der Waals surface area (Å²) in [6.45, 7) is 4.79.